The number of likely N-dealkylation sites (tertiary alicyclic amines) is 1. The molecule has 0 aliphatic carbocycles. The minimum atomic E-state index is 0.127. The lowest BCUT2D eigenvalue weighted by Gasteiger charge is -2.33. The highest BCUT2D eigenvalue weighted by Crippen LogP contribution is 2.16. The third-order valence-corrected chi connectivity index (χ3v) is 4.81. The molecule has 1 N–H and O–H groups in total. The van der Waals surface area contributed by atoms with Gasteiger partial charge in [-0.15, -0.1) is 0 Å². The monoisotopic (exact) mass is 357 g/mol. The van der Waals surface area contributed by atoms with Crippen LogP contribution in [-0.4, -0.2) is 34.9 Å². The number of aromatic nitrogens is 1. The summed E-state index contributed by atoms with van der Waals surface area (Å²) >= 11 is 5.94. The number of nitrogens with one attached hydrogen (secondary N) is 1. The third kappa shape index (κ3) is 5.83. The maximum absolute atomic E-state index is 12.2. The van der Waals surface area contributed by atoms with E-state index in [-0.39, 0.29) is 11.9 Å². The second-order valence-corrected chi connectivity index (χ2v) is 7.07. The number of piperidine rings is 1. The number of carbonyl (C=O) groups excluding carboxylic acids is 1. The van der Waals surface area contributed by atoms with Gasteiger partial charge in [0.15, 0.2) is 0 Å². The van der Waals surface area contributed by atoms with E-state index >= 15 is 0 Å². The zero-order chi connectivity index (χ0) is 17.5. The topological polar surface area (TPSA) is 45.2 Å². The number of amides is 1. The number of hydrogen-bond acceptors (Lipinski definition) is 3. The highest BCUT2D eigenvalue weighted by Gasteiger charge is 2.21. The number of benzene rings is 1. The summed E-state index contributed by atoms with van der Waals surface area (Å²) < 4.78 is 0. The van der Waals surface area contributed by atoms with Crippen molar-refractivity contribution >= 4 is 17.5 Å². The van der Waals surface area contributed by atoms with E-state index in [0.717, 1.165) is 49.5 Å². The summed E-state index contributed by atoms with van der Waals surface area (Å²) in [6, 6.07) is 12.1. The van der Waals surface area contributed by atoms with Crippen LogP contribution in [-0.2, 0) is 17.8 Å². The van der Waals surface area contributed by atoms with Crippen LogP contribution in [0.2, 0.25) is 5.02 Å². The Hall–Kier alpha value is -1.91. The van der Waals surface area contributed by atoms with Gasteiger partial charge in [-0.3, -0.25) is 14.7 Å². The van der Waals surface area contributed by atoms with Crippen molar-refractivity contribution in [3.63, 3.8) is 0 Å². The molecule has 1 aliphatic rings. The summed E-state index contributed by atoms with van der Waals surface area (Å²) in [4.78, 5) is 18.7. The van der Waals surface area contributed by atoms with E-state index in [2.05, 4.69) is 27.3 Å². The molecule has 1 aromatic heterocycles. The Morgan fingerprint density at radius 1 is 1.24 bits per heavy atom. The minimum Gasteiger partial charge on any atom is -0.352 e. The van der Waals surface area contributed by atoms with E-state index in [0.29, 0.717) is 6.42 Å². The molecule has 1 amide bonds. The lowest BCUT2D eigenvalue weighted by molar-refractivity contribution is -0.122. The van der Waals surface area contributed by atoms with Crippen molar-refractivity contribution in [3.05, 3.63) is 64.9 Å². The Morgan fingerprint density at radius 2 is 2.08 bits per heavy atom. The number of hydrogen-bond donors (Lipinski definition) is 1. The number of aryl methyl sites for hydroxylation is 1. The zero-order valence-corrected chi connectivity index (χ0v) is 15.1. The summed E-state index contributed by atoms with van der Waals surface area (Å²) in [5.74, 6) is 0.127. The highest BCUT2D eigenvalue weighted by atomic mass is 35.5. The van der Waals surface area contributed by atoms with E-state index in [1.807, 2.05) is 30.5 Å². The first-order valence-corrected chi connectivity index (χ1v) is 9.22. The molecule has 1 unspecified atom stereocenters. The van der Waals surface area contributed by atoms with E-state index < -0.39 is 0 Å². The average Bonchev–Trinajstić information content (AvgIpc) is 2.63. The second kappa shape index (κ2) is 8.97. The number of halogens is 1. The molecule has 0 radical (unpaired) electrons. The Labute approximate surface area is 154 Å². The normalized spacial score (nSPS) is 18.0. The fraction of sp³-hybridized carbons (Fsp3) is 0.400. The fourth-order valence-corrected chi connectivity index (χ4v) is 3.39. The van der Waals surface area contributed by atoms with Gasteiger partial charge in [-0.1, -0.05) is 29.8 Å². The van der Waals surface area contributed by atoms with E-state index in [1.165, 1.54) is 5.56 Å². The van der Waals surface area contributed by atoms with Gasteiger partial charge in [0, 0.05) is 43.0 Å². The lowest BCUT2D eigenvalue weighted by Crippen LogP contribution is -2.47. The molecule has 1 atom stereocenters. The molecule has 2 aromatic rings. The van der Waals surface area contributed by atoms with Crippen molar-refractivity contribution in [2.45, 2.75) is 38.3 Å². The van der Waals surface area contributed by atoms with Crippen LogP contribution in [0.5, 0.6) is 0 Å². The molecule has 2 heterocycles. The SMILES string of the molecule is O=C(CCc1cccnc1)NC1CCCN(Cc2ccc(Cl)cc2)C1. The summed E-state index contributed by atoms with van der Waals surface area (Å²) in [5.41, 5.74) is 2.36. The smallest absolute Gasteiger partial charge is 0.220 e. The van der Waals surface area contributed by atoms with Gasteiger partial charge in [0.25, 0.3) is 0 Å². The van der Waals surface area contributed by atoms with Gasteiger partial charge in [0.1, 0.15) is 0 Å². The van der Waals surface area contributed by atoms with Gasteiger partial charge in [-0.05, 0) is 55.1 Å². The van der Waals surface area contributed by atoms with Crippen molar-refractivity contribution in [3.8, 4) is 0 Å². The molecule has 1 aromatic carbocycles. The van der Waals surface area contributed by atoms with Gasteiger partial charge < -0.3 is 5.32 Å². The zero-order valence-electron chi connectivity index (χ0n) is 14.3. The van der Waals surface area contributed by atoms with Crippen LogP contribution < -0.4 is 5.32 Å². The first-order valence-electron chi connectivity index (χ1n) is 8.84. The molecular weight excluding hydrogens is 334 g/mol. The lowest BCUT2D eigenvalue weighted by atomic mass is 10.0. The molecule has 0 saturated carbocycles. The largest absolute Gasteiger partial charge is 0.352 e. The predicted octanol–water partition coefficient (Wildman–Crippen LogP) is 3.45. The molecular formula is C20H24ClN3O. The van der Waals surface area contributed by atoms with Crippen molar-refractivity contribution < 1.29 is 4.79 Å². The summed E-state index contributed by atoms with van der Waals surface area (Å²) in [6.07, 6.45) is 6.99. The Morgan fingerprint density at radius 3 is 2.84 bits per heavy atom. The van der Waals surface area contributed by atoms with Gasteiger partial charge in [-0.2, -0.15) is 0 Å². The first kappa shape index (κ1) is 17.9. The second-order valence-electron chi connectivity index (χ2n) is 6.63. The van der Waals surface area contributed by atoms with Gasteiger partial charge in [0.05, 0.1) is 0 Å². The molecule has 1 saturated heterocycles. The van der Waals surface area contributed by atoms with Crippen molar-refractivity contribution in [1.82, 2.24) is 15.2 Å². The molecule has 1 aliphatic heterocycles. The quantitative estimate of drug-likeness (QED) is 0.861. The van der Waals surface area contributed by atoms with Crippen LogP contribution in [0.1, 0.15) is 30.4 Å². The predicted molar refractivity (Wildman–Crippen MR) is 100 cm³/mol. The molecule has 4 nitrogen and oxygen atoms in total. The van der Waals surface area contributed by atoms with Gasteiger partial charge in [-0.25, -0.2) is 0 Å². The highest BCUT2D eigenvalue weighted by molar-refractivity contribution is 6.30. The Balaban J connectivity index is 1.44. The summed E-state index contributed by atoms with van der Waals surface area (Å²) in [7, 11) is 0. The third-order valence-electron chi connectivity index (χ3n) is 4.55. The number of pyridine rings is 1. The van der Waals surface area contributed by atoms with Crippen LogP contribution in [0.25, 0.3) is 0 Å². The maximum Gasteiger partial charge on any atom is 0.220 e. The molecule has 3 rings (SSSR count). The van der Waals surface area contributed by atoms with Crippen molar-refractivity contribution in [1.29, 1.82) is 0 Å². The number of carbonyl (C=O) groups is 1. The molecule has 5 heteroatoms. The molecule has 0 bridgehead atoms. The summed E-state index contributed by atoms with van der Waals surface area (Å²) in [6.45, 7) is 2.88. The maximum atomic E-state index is 12.2. The van der Waals surface area contributed by atoms with Gasteiger partial charge in [0.2, 0.25) is 5.91 Å². The summed E-state index contributed by atoms with van der Waals surface area (Å²) in [5, 5.41) is 3.96. The van der Waals surface area contributed by atoms with Crippen molar-refractivity contribution in [2.75, 3.05) is 13.1 Å². The van der Waals surface area contributed by atoms with E-state index in [4.69, 9.17) is 11.6 Å². The standard InChI is InChI=1S/C20H24ClN3O/c21-18-8-5-17(6-9-18)14-24-12-2-4-19(15-24)23-20(25)10-7-16-3-1-11-22-13-16/h1,3,5-6,8-9,11,13,19H,2,4,7,10,12,14-15H2,(H,23,25). The average molecular weight is 358 g/mol. The van der Waals surface area contributed by atoms with Crippen LogP contribution in [0.15, 0.2) is 48.8 Å². The Kier molecular flexibility index (Phi) is 6.42. The van der Waals surface area contributed by atoms with Crippen LogP contribution in [0.4, 0.5) is 0 Å². The first-order chi connectivity index (χ1) is 12.2. The van der Waals surface area contributed by atoms with E-state index in [1.54, 1.807) is 6.20 Å². The van der Waals surface area contributed by atoms with Gasteiger partial charge >= 0.3 is 0 Å². The fourth-order valence-electron chi connectivity index (χ4n) is 3.27. The minimum absolute atomic E-state index is 0.127. The molecule has 132 valence electrons. The van der Waals surface area contributed by atoms with Crippen LogP contribution >= 0.6 is 11.6 Å². The molecule has 25 heavy (non-hydrogen) atoms. The van der Waals surface area contributed by atoms with Crippen LogP contribution in [0.3, 0.4) is 0 Å². The number of rotatable bonds is 6. The Bertz CT molecular complexity index is 675. The number of nitrogens with zero attached hydrogens (tertiary/aromatic N) is 2. The van der Waals surface area contributed by atoms with Crippen LogP contribution in [0, 0.1) is 0 Å². The van der Waals surface area contributed by atoms with E-state index in [9.17, 15) is 4.79 Å². The molecule has 1 fully saturated rings. The molecule has 0 spiro atoms. The van der Waals surface area contributed by atoms with Crippen molar-refractivity contribution in [2.24, 2.45) is 0 Å².